The van der Waals surface area contributed by atoms with Gasteiger partial charge in [0.1, 0.15) is 5.52 Å². The van der Waals surface area contributed by atoms with E-state index in [1.54, 1.807) is 6.20 Å². The zero-order valence-electron chi connectivity index (χ0n) is 10.5. The second kappa shape index (κ2) is 4.12. The molecule has 0 bridgehead atoms. The zero-order chi connectivity index (χ0) is 12.8. The van der Waals surface area contributed by atoms with Crippen molar-refractivity contribution >= 4 is 28.7 Å². The van der Waals surface area contributed by atoms with Crippen LogP contribution in [0.25, 0.3) is 11.2 Å². The maximum absolute atomic E-state index is 6.01. The van der Waals surface area contributed by atoms with Gasteiger partial charge < -0.3 is 5.73 Å². The van der Waals surface area contributed by atoms with Crippen molar-refractivity contribution < 1.29 is 0 Å². The fourth-order valence-electron chi connectivity index (χ4n) is 2.93. The molecular formula is C13H17ClN4. The molecule has 4 nitrogen and oxygen atoms in total. The molecule has 0 aliphatic heterocycles. The van der Waals surface area contributed by atoms with Crippen LogP contribution in [0.2, 0.25) is 5.02 Å². The van der Waals surface area contributed by atoms with E-state index in [2.05, 4.69) is 16.9 Å². The lowest BCUT2D eigenvalue weighted by atomic mass is 9.89. The van der Waals surface area contributed by atoms with Crippen LogP contribution >= 0.6 is 11.6 Å². The molecule has 1 saturated carbocycles. The maximum Gasteiger partial charge on any atom is 0.202 e. The topological polar surface area (TPSA) is 56.7 Å². The summed E-state index contributed by atoms with van der Waals surface area (Å²) in [5, 5.41) is 0.597. The highest BCUT2D eigenvalue weighted by atomic mass is 35.5. The van der Waals surface area contributed by atoms with Crippen LogP contribution in [0.15, 0.2) is 12.3 Å². The highest BCUT2D eigenvalue weighted by Gasteiger charge is 2.30. The van der Waals surface area contributed by atoms with E-state index in [9.17, 15) is 0 Å². The third-order valence-corrected chi connectivity index (χ3v) is 4.14. The average Bonchev–Trinajstić information content (AvgIpc) is 2.85. The van der Waals surface area contributed by atoms with Crippen LogP contribution in [0.5, 0.6) is 0 Å². The van der Waals surface area contributed by atoms with Crippen molar-refractivity contribution in [2.45, 2.75) is 39.2 Å². The first kappa shape index (κ1) is 11.8. The Kier molecular flexibility index (Phi) is 2.70. The van der Waals surface area contributed by atoms with Gasteiger partial charge in [-0.25, -0.2) is 9.97 Å². The number of nitrogen functional groups attached to an aromatic ring is 1. The molecule has 2 N–H and O–H groups in total. The standard InChI is InChI=1S/C13H17ClN4/c1-13(4-2-3-5-13)8-18-11-10(17-12(18)15)6-9(14)7-16-11/h6-7H,2-5,8H2,1H3,(H2,15,17). The molecule has 2 aromatic rings. The zero-order valence-corrected chi connectivity index (χ0v) is 11.2. The van der Waals surface area contributed by atoms with Crippen molar-refractivity contribution in [3.63, 3.8) is 0 Å². The van der Waals surface area contributed by atoms with E-state index >= 15 is 0 Å². The fourth-order valence-corrected chi connectivity index (χ4v) is 3.08. The molecule has 3 rings (SSSR count). The molecule has 0 spiro atoms. The minimum Gasteiger partial charge on any atom is -0.369 e. The van der Waals surface area contributed by atoms with E-state index in [1.807, 2.05) is 10.6 Å². The summed E-state index contributed by atoms with van der Waals surface area (Å²) in [7, 11) is 0. The monoisotopic (exact) mass is 264 g/mol. The molecule has 0 atom stereocenters. The molecule has 96 valence electrons. The smallest absolute Gasteiger partial charge is 0.202 e. The number of fused-ring (bicyclic) bond motifs is 1. The van der Waals surface area contributed by atoms with Gasteiger partial charge in [0.05, 0.1) is 5.02 Å². The molecule has 0 amide bonds. The van der Waals surface area contributed by atoms with Gasteiger partial charge in [-0.1, -0.05) is 31.4 Å². The first-order valence-electron chi connectivity index (χ1n) is 6.35. The average molecular weight is 265 g/mol. The lowest BCUT2D eigenvalue weighted by Crippen LogP contribution is -2.21. The van der Waals surface area contributed by atoms with Gasteiger partial charge in [-0.3, -0.25) is 4.57 Å². The van der Waals surface area contributed by atoms with Crippen molar-refractivity contribution in [1.29, 1.82) is 0 Å². The van der Waals surface area contributed by atoms with Crippen LogP contribution in [0.4, 0.5) is 5.95 Å². The summed E-state index contributed by atoms with van der Waals surface area (Å²) in [5.74, 6) is 0.535. The highest BCUT2D eigenvalue weighted by molar-refractivity contribution is 6.31. The van der Waals surface area contributed by atoms with Crippen LogP contribution in [0.1, 0.15) is 32.6 Å². The highest BCUT2D eigenvalue weighted by Crippen LogP contribution is 2.40. The number of halogens is 1. The number of pyridine rings is 1. The third kappa shape index (κ3) is 1.94. The van der Waals surface area contributed by atoms with E-state index in [-0.39, 0.29) is 0 Å². The van der Waals surface area contributed by atoms with Crippen molar-refractivity contribution in [2.75, 3.05) is 5.73 Å². The van der Waals surface area contributed by atoms with Crippen LogP contribution in [0, 0.1) is 5.41 Å². The summed E-state index contributed by atoms with van der Waals surface area (Å²) < 4.78 is 2.02. The fraction of sp³-hybridized carbons (Fsp3) is 0.538. The van der Waals surface area contributed by atoms with E-state index in [0.29, 0.717) is 16.4 Å². The summed E-state index contributed by atoms with van der Waals surface area (Å²) in [4.78, 5) is 8.70. The molecule has 0 aromatic carbocycles. The summed E-state index contributed by atoms with van der Waals surface area (Å²) >= 11 is 5.93. The Morgan fingerprint density at radius 1 is 1.44 bits per heavy atom. The predicted octanol–water partition coefficient (Wildman–Crippen LogP) is 3.25. The molecule has 0 unspecified atom stereocenters. The van der Waals surface area contributed by atoms with Crippen molar-refractivity contribution in [2.24, 2.45) is 5.41 Å². The summed E-state index contributed by atoms with van der Waals surface area (Å²) in [6.45, 7) is 3.21. The summed E-state index contributed by atoms with van der Waals surface area (Å²) in [6.07, 6.45) is 6.77. The van der Waals surface area contributed by atoms with Crippen LogP contribution in [-0.4, -0.2) is 14.5 Å². The van der Waals surface area contributed by atoms with E-state index < -0.39 is 0 Å². The number of hydrogen-bond donors (Lipinski definition) is 1. The second-order valence-corrected chi connectivity index (χ2v) is 6.01. The van der Waals surface area contributed by atoms with Gasteiger partial charge in [-0.05, 0) is 24.3 Å². The quantitative estimate of drug-likeness (QED) is 0.906. The predicted molar refractivity (Wildman–Crippen MR) is 73.5 cm³/mol. The van der Waals surface area contributed by atoms with E-state index in [1.165, 1.54) is 25.7 Å². The number of hydrogen-bond acceptors (Lipinski definition) is 3. The minimum absolute atomic E-state index is 0.322. The molecule has 1 aliphatic carbocycles. The Morgan fingerprint density at radius 3 is 2.89 bits per heavy atom. The van der Waals surface area contributed by atoms with Gasteiger partial charge in [-0.15, -0.1) is 0 Å². The van der Waals surface area contributed by atoms with E-state index in [4.69, 9.17) is 17.3 Å². The lowest BCUT2D eigenvalue weighted by molar-refractivity contribution is 0.286. The molecular weight excluding hydrogens is 248 g/mol. The van der Waals surface area contributed by atoms with Gasteiger partial charge in [0.15, 0.2) is 5.65 Å². The Labute approximate surface area is 111 Å². The molecule has 0 saturated heterocycles. The Bertz CT molecular complexity index is 584. The van der Waals surface area contributed by atoms with Crippen molar-refractivity contribution in [3.05, 3.63) is 17.3 Å². The molecule has 1 aliphatic rings. The van der Waals surface area contributed by atoms with Gasteiger partial charge in [0, 0.05) is 12.7 Å². The van der Waals surface area contributed by atoms with Gasteiger partial charge in [0.25, 0.3) is 0 Å². The number of imidazole rings is 1. The Balaban J connectivity index is 2.03. The molecule has 2 heterocycles. The molecule has 5 heteroatoms. The normalized spacial score (nSPS) is 18.6. The van der Waals surface area contributed by atoms with Crippen LogP contribution in [-0.2, 0) is 6.54 Å². The third-order valence-electron chi connectivity index (χ3n) is 3.93. The number of aromatic nitrogens is 3. The Hall–Kier alpha value is -1.29. The second-order valence-electron chi connectivity index (χ2n) is 5.57. The SMILES string of the molecule is CC1(Cn2c(N)nc3cc(Cl)cnc32)CCCC1. The summed E-state index contributed by atoms with van der Waals surface area (Å²) in [5.41, 5.74) is 7.95. The van der Waals surface area contributed by atoms with Gasteiger partial charge >= 0.3 is 0 Å². The lowest BCUT2D eigenvalue weighted by Gasteiger charge is -2.24. The molecule has 2 aromatic heterocycles. The minimum atomic E-state index is 0.322. The maximum atomic E-state index is 6.01. The number of anilines is 1. The van der Waals surface area contributed by atoms with Gasteiger partial charge in [0.2, 0.25) is 5.95 Å². The van der Waals surface area contributed by atoms with Gasteiger partial charge in [-0.2, -0.15) is 0 Å². The summed E-state index contributed by atoms with van der Waals surface area (Å²) in [6, 6.07) is 1.81. The first-order chi connectivity index (χ1) is 8.57. The largest absolute Gasteiger partial charge is 0.369 e. The number of nitrogens with zero attached hydrogens (tertiary/aromatic N) is 3. The molecule has 1 fully saturated rings. The molecule has 18 heavy (non-hydrogen) atoms. The van der Waals surface area contributed by atoms with Crippen LogP contribution < -0.4 is 5.73 Å². The van der Waals surface area contributed by atoms with Crippen molar-refractivity contribution in [3.8, 4) is 0 Å². The van der Waals surface area contributed by atoms with E-state index in [0.717, 1.165) is 17.7 Å². The number of rotatable bonds is 2. The Morgan fingerprint density at radius 2 is 2.17 bits per heavy atom. The van der Waals surface area contributed by atoms with Crippen LogP contribution in [0.3, 0.4) is 0 Å². The molecule has 0 radical (unpaired) electrons. The number of nitrogens with two attached hydrogens (primary N) is 1. The first-order valence-corrected chi connectivity index (χ1v) is 6.72. The van der Waals surface area contributed by atoms with Crippen molar-refractivity contribution in [1.82, 2.24) is 14.5 Å².